The zero-order valence-electron chi connectivity index (χ0n) is 9.76. The highest BCUT2D eigenvalue weighted by atomic mass is 15.2. The Labute approximate surface area is 92.1 Å². The van der Waals surface area contributed by atoms with Crippen molar-refractivity contribution in [2.75, 3.05) is 19.6 Å². The molecule has 0 bridgehead atoms. The van der Waals surface area contributed by atoms with Crippen molar-refractivity contribution in [2.24, 2.45) is 5.73 Å². The van der Waals surface area contributed by atoms with E-state index in [1.165, 1.54) is 0 Å². The molecule has 0 spiro atoms. The summed E-state index contributed by atoms with van der Waals surface area (Å²) < 4.78 is 2.11. The lowest BCUT2D eigenvalue weighted by Gasteiger charge is -2.25. The number of nitrogens with zero attached hydrogens (tertiary/aromatic N) is 3. The molecule has 0 saturated heterocycles. The molecule has 0 aliphatic rings. The number of rotatable bonds is 7. The molecule has 1 heterocycles. The molecular weight excluding hydrogens is 188 g/mol. The highest BCUT2D eigenvalue weighted by Crippen LogP contribution is 2.00. The molecule has 0 aliphatic carbocycles. The molecule has 0 amide bonds. The fraction of sp³-hybridized carbons (Fsp3) is 0.727. The van der Waals surface area contributed by atoms with Crippen molar-refractivity contribution < 1.29 is 0 Å². The summed E-state index contributed by atoms with van der Waals surface area (Å²) >= 11 is 0. The predicted octanol–water partition coefficient (Wildman–Crippen LogP) is 0.942. The highest BCUT2D eigenvalue weighted by molar-refractivity contribution is 4.74. The average molecular weight is 210 g/mol. The molecule has 0 aromatic carbocycles. The van der Waals surface area contributed by atoms with Gasteiger partial charge in [0.05, 0.1) is 6.33 Å². The normalized spacial score (nSPS) is 11.5. The van der Waals surface area contributed by atoms with Crippen LogP contribution in [0.15, 0.2) is 18.7 Å². The van der Waals surface area contributed by atoms with Crippen LogP contribution in [-0.4, -0.2) is 40.1 Å². The molecule has 1 aromatic rings. The Hall–Kier alpha value is -0.870. The van der Waals surface area contributed by atoms with Gasteiger partial charge in [-0.15, -0.1) is 0 Å². The van der Waals surface area contributed by atoms with Gasteiger partial charge in [0.2, 0.25) is 0 Å². The summed E-state index contributed by atoms with van der Waals surface area (Å²) in [5, 5.41) is 0. The Kier molecular flexibility index (Phi) is 5.36. The smallest absolute Gasteiger partial charge is 0.0945 e. The van der Waals surface area contributed by atoms with Gasteiger partial charge >= 0.3 is 0 Å². The number of imidazole rings is 1. The van der Waals surface area contributed by atoms with E-state index >= 15 is 0 Å². The molecule has 0 aliphatic heterocycles. The Morgan fingerprint density at radius 3 is 2.73 bits per heavy atom. The van der Waals surface area contributed by atoms with Crippen molar-refractivity contribution in [1.82, 2.24) is 14.5 Å². The molecule has 4 heteroatoms. The number of aryl methyl sites for hydroxylation is 1. The molecule has 86 valence electrons. The molecule has 15 heavy (non-hydrogen) atoms. The molecule has 4 nitrogen and oxygen atoms in total. The van der Waals surface area contributed by atoms with Gasteiger partial charge in [0.25, 0.3) is 0 Å². The minimum atomic E-state index is 0.580. The molecule has 1 rings (SSSR count). The number of hydrogen-bond donors (Lipinski definition) is 1. The third kappa shape index (κ3) is 4.44. The van der Waals surface area contributed by atoms with E-state index in [2.05, 4.69) is 28.3 Å². The monoisotopic (exact) mass is 210 g/mol. The average Bonchev–Trinajstić information content (AvgIpc) is 2.69. The molecule has 1 aromatic heterocycles. The second-order valence-electron chi connectivity index (χ2n) is 4.07. The summed E-state index contributed by atoms with van der Waals surface area (Å²) in [6.07, 6.45) is 6.83. The van der Waals surface area contributed by atoms with Crippen LogP contribution in [0.1, 0.15) is 20.3 Å². The fourth-order valence-electron chi connectivity index (χ4n) is 1.67. The number of nitrogens with two attached hydrogens (primary N) is 1. The topological polar surface area (TPSA) is 47.1 Å². The van der Waals surface area contributed by atoms with Gasteiger partial charge in [0.1, 0.15) is 0 Å². The summed E-state index contributed by atoms with van der Waals surface area (Å²) in [6, 6.07) is 0.580. The van der Waals surface area contributed by atoms with E-state index in [9.17, 15) is 0 Å². The van der Waals surface area contributed by atoms with Crippen LogP contribution in [0, 0.1) is 0 Å². The highest BCUT2D eigenvalue weighted by Gasteiger charge is 2.07. The van der Waals surface area contributed by atoms with Crippen LogP contribution < -0.4 is 5.73 Å². The minimum absolute atomic E-state index is 0.580. The summed E-state index contributed by atoms with van der Waals surface area (Å²) in [5.74, 6) is 0. The summed E-state index contributed by atoms with van der Waals surface area (Å²) in [5.41, 5.74) is 5.58. The van der Waals surface area contributed by atoms with E-state index in [1.807, 2.05) is 18.7 Å². The molecule has 0 fully saturated rings. The van der Waals surface area contributed by atoms with Crippen LogP contribution in [0.2, 0.25) is 0 Å². The first-order valence-electron chi connectivity index (χ1n) is 5.64. The quantitative estimate of drug-likeness (QED) is 0.728. The molecule has 2 N–H and O–H groups in total. The number of aromatic nitrogens is 2. The first-order valence-corrected chi connectivity index (χ1v) is 5.64. The molecule has 0 unspecified atom stereocenters. The number of hydrogen-bond acceptors (Lipinski definition) is 3. The van der Waals surface area contributed by atoms with Gasteiger partial charge in [-0.2, -0.15) is 0 Å². The van der Waals surface area contributed by atoms with Crippen LogP contribution in [0.3, 0.4) is 0 Å². The Morgan fingerprint density at radius 2 is 2.20 bits per heavy atom. The van der Waals surface area contributed by atoms with E-state index < -0.39 is 0 Å². The Balaban J connectivity index is 2.22. The third-order valence-corrected chi connectivity index (χ3v) is 2.57. The van der Waals surface area contributed by atoms with Crippen LogP contribution in [0.4, 0.5) is 0 Å². The summed E-state index contributed by atoms with van der Waals surface area (Å²) in [6.45, 7) is 8.30. The van der Waals surface area contributed by atoms with E-state index in [-0.39, 0.29) is 0 Å². The van der Waals surface area contributed by atoms with Crippen LogP contribution in [0.25, 0.3) is 0 Å². The standard InChI is InChI=1S/C11H22N4/c1-11(2)15(8-4-12)7-3-6-14-9-5-13-10-14/h5,9-11H,3-4,6-8,12H2,1-2H3. The van der Waals surface area contributed by atoms with E-state index in [4.69, 9.17) is 5.73 Å². The van der Waals surface area contributed by atoms with Crippen molar-refractivity contribution in [1.29, 1.82) is 0 Å². The van der Waals surface area contributed by atoms with E-state index in [1.54, 1.807) is 0 Å². The van der Waals surface area contributed by atoms with Crippen molar-refractivity contribution in [3.63, 3.8) is 0 Å². The Bertz CT molecular complexity index is 243. The second kappa shape index (κ2) is 6.58. The molecule has 0 atom stereocenters. The van der Waals surface area contributed by atoms with Crippen molar-refractivity contribution >= 4 is 0 Å². The fourth-order valence-corrected chi connectivity index (χ4v) is 1.67. The summed E-state index contributed by atoms with van der Waals surface area (Å²) in [4.78, 5) is 6.43. The third-order valence-electron chi connectivity index (χ3n) is 2.57. The van der Waals surface area contributed by atoms with Crippen LogP contribution >= 0.6 is 0 Å². The lowest BCUT2D eigenvalue weighted by Crippen LogP contribution is -2.36. The van der Waals surface area contributed by atoms with Gasteiger partial charge in [-0.1, -0.05) is 0 Å². The van der Waals surface area contributed by atoms with Gasteiger partial charge in [-0.05, 0) is 20.3 Å². The minimum Gasteiger partial charge on any atom is -0.337 e. The van der Waals surface area contributed by atoms with Crippen molar-refractivity contribution in [3.8, 4) is 0 Å². The Morgan fingerprint density at radius 1 is 1.40 bits per heavy atom. The predicted molar refractivity (Wildman–Crippen MR) is 62.6 cm³/mol. The second-order valence-corrected chi connectivity index (χ2v) is 4.07. The summed E-state index contributed by atoms with van der Waals surface area (Å²) in [7, 11) is 0. The zero-order chi connectivity index (χ0) is 11.1. The van der Waals surface area contributed by atoms with Crippen LogP contribution in [0.5, 0.6) is 0 Å². The van der Waals surface area contributed by atoms with Gasteiger partial charge in [0.15, 0.2) is 0 Å². The van der Waals surface area contributed by atoms with Crippen molar-refractivity contribution in [3.05, 3.63) is 18.7 Å². The largest absolute Gasteiger partial charge is 0.337 e. The first kappa shape index (κ1) is 12.2. The van der Waals surface area contributed by atoms with Gasteiger partial charge < -0.3 is 10.3 Å². The maximum absolute atomic E-state index is 5.58. The van der Waals surface area contributed by atoms with Gasteiger partial charge in [-0.25, -0.2) is 4.98 Å². The lowest BCUT2D eigenvalue weighted by atomic mass is 10.3. The molecular formula is C11H22N4. The SMILES string of the molecule is CC(C)N(CCN)CCCn1ccnc1. The van der Waals surface area contributed by atoms with Crippen LogP contribution in [-0.2, 0) is 6.54 Å². The molecule has 0 radical (unpaired) electrons. The lowest BCUT2D eigenvalue weighted by molar-refractivity contribution is 0.221. The van der Waals surface area contributed by atoms with Gasteiger partial charge in [0, 0.05) is 44.6 Å². The molecule has 0 saturated carbocycles. The maximum Gasteiger partial charge on any atom is 0.0945 e. The van der Waals surface area contributed by atoms with E-state index in [0.717, 1.165) is 32.6 Å². The zero-order valence-corrected chi connectivity index (χ0v) is 9.76. The van der Waals surface area contributed by atoms with E-state index in [0.29, 0.717) is 6.04 Å². The van der Waals surface area contributed by atoms with Gasteiger partial charge in [-0.3, -0.25) is 4.90 Å². The van der Waals surface area contributed by atoms with Crippen molar-refractivity contribution in [2.45, 2.75) is 32.9 Å². The maximum atomic E-state index is 5.58. The first-order chi connectivity index (χ1) is 7.24.